The highest BCUT2D eigenvalue weighted by molar-refractivity contribution is 6.01. The van der Waals surface area contributed by atoms with Crippen molar-refractivity contribution in [1.82, 2.24) is 9.88 Å². The lowest BCUT2D eigenvalue weighted by molar-refractivity contribution is -0.148. The summed E-state index contributed by atoms with van der Waals surface area (Å²) in [6.45, 7) is 4.49. The van der Waals surface area contributed by atoms with E-state index in [1.165, 1.54) is 13.2 Å². The fourth-order valence-electron chi connectivity index (χ4n) is 5.15. The first-order valence-corrected chi connectivity index (χ1v) is 13.7. The SMILES string of the molecule is CCOC(=O)C1CCN(c2cc(-c3ccccc3C)c(C(=O)N(C)Cc3cc(C(F)(F)F)cc(C(F)(F)F)c3)cn2)CC1. The number of ether oxygens (including phenoxy) is 1. The first-order chi connectivity index (χ1) is 20.2. The van der Waals surface area contributed by atoms with Crippen LogP contribution in [0.1, 0.15) is 52.4 Å². The van der Waals surface area contributed by atoms with E-state index in [1.807, 2.05) is 30.0 Å². The lowest BCUT2D eigenvalue weighted by Crippen LogP contribution is -2.37. The smallest absolute Gasteiger partial charge is 0.416 e. The fraction of sp³-hybridized carbons (Fsp3) is 0.387. The van der Waals surface area contributed by atoms with Gasteiger partial charge in [-0.2, -0.15) is 26.3 Å². The van der Waals surface area contributed by atoms with Crippen molar-refractivity contribution < 1.29 is 40.7 Å². The van der Waals surface area contributed by atoms with Crippen LogP contribution in [-0.2, 0) is 28.4 Å². The van der Waals surface area contributed by atoms with Crippen LogP contribution in [0.2, 0.25) is 0 Å². The molecule has 1 aliphatic heterocycles. The van der Waals surface area contributed by atoms with Gasteiger partial charge in [-0.05, 0) is 73.2 Å². The van der Waals surface area contributed by atoms with Crippen LogP contribution in [0, 0.1) is 12.8 Å². The van der Waals surface area contributed by atoms with Crippen LogP contribution in [0.5, 0.6) is 0 Å². The van der Waals surface area contributed by atoms with Crippen molar-refractivity contribution in [3.05, 3.63) is 82.5 Å². The van der Waals surface area contributed by atoms with Gasteiger partial charge in [0, 0.05) is 32.9 Å². The van der Waals surface area contributed by atoms with E-state index in [0.29, 0.717) is 56.1 Å². The Morgan fingerprint density at radius 3 is 2.12 bits per heavy atom. The number of hydrogen-bond acceptors (Lipinski definition) is 5. The molecule has 0 spiro atoms. The minimum atomic E-state index is -5.00. The number of esters is 1. The standard InChI is InChI=1S/C31H31F6N3O3/c1-4-43-29(42)21-9-11-40(12-10-21)27-16-25(24-8-6-5-7-19(24)2)26(17-38-27)28(41)39(3)18-20-13-22(30(32,33)34)15-23(14-20)31(35,36)37/h5-8,13-17,21H,4,9-12,18H2,1-3H3. The third-order valence-corrected chi connectivity index (χ3v) is 7.41. The highest BCUT2D eigenvalue weighted by atomic mass is 19.4. The number of hydrogen-bond donors (Lipinski definition) is 0. The van der Waals surface area contributed by atoms with Crippen LogP contribution in [0.3, 0.4) is 0 Å². The number of halogens is 6. The van der Waals surface area contributed by atoms with E-state index in [4.69, 9.17) is 4.74 Å². The molecule has 0 radical (unpaired) electrons. The zero-order valence-corrected chi connectivity index (χ0v) is 23.9. The highest BCUT2D eigenvalue weighted by Gasteiger charge is 2.37. The largest absolute Gasteiger partial charge is 0.466 e. The molecule has 0 atom stereocenters. The van der Waals surface area contributed by atoms with Crippen molar-refractivity contribution >= 4 is 17.7 Å². The van der Waals surface area contributed by atoms with Gasteiger partial charge in [-0.3, -0.25) is 9.59 Å². The molecule has 2 heterocycles. The minimum Gasteiger partial charge on any atom is -0.466 e. The van der Waals surface area contributed by atoms with Crippen molar-refractivity contribution in [3.63, 3.8) is 0 Å². The van der Waals surface area contributed by atoms with E-state index in [2.05, 4.69) is 4.98 Å². The quantitative estimate of drug-likeness (QED) is 0.211. The van der Waals surface area contributed by atoms with E-state index >= 15 is 0 Å². The van der Waals surface area contributed by atoms with E-state index in [0.717, 1.165) is 16.0 Å². The number of aryl methyl sites for hydroxylation is 1. The Morgan fingerprint density at radius 1 is 0.953 bits per heavy atom. The molecule has 1 fully saturated rings. The third-order valence-electron chi connectivity index (χ3n) is 7.41. The maximum atomic E-state index is 13.7. The number of nitrogens with zero attached hydrogens (tertiary/aromatic N) is 3. The van der Waals surface area contributed by atoms with Crippen molar-refractivity contribution in [1.29, 1.82) is 0 Å². The molecule has 2 aromatic carbocycles. The number of alkyl halides is 6. The topological polar surface area (TPSA) is 62.7 Å². The van der Waals surface area contributed by atoms with Crippen LogP contribution >= 0.6 is 0 Å². The molecule has 43 heavy (non-hydrogen) atoms. The van der Waals surface area contributed by atoms with Gasteiger partial charge in [-0.1, -0.05) is 24.3 Å². The predicted octanol–water partition coefficient (Wildman–Crippen LogP) is 7.15. The summed E-state index contributed by atoms with van der Waals surface area (Å²) in [6.07, 6.45) is -7.48. The van der Waals surface area contributed by atoms with E-state index in [-0.39, 0.29) is 29.1 Å². The maximum Gasteiger partial charge on any atom is 0.416 e. The molecule has 0 aliphatic carbocycles. The summed E-state index contributed by atoms with van der Waals surface area (Å²) >= 11 is 0. The molecule has 4 rings (SSSR count). The first-order valence-electron chi connectivity index (χ1n) is 13.7. The summed E-state index contributed by atoms with van der Waals surface area (Å²) in [5, 5.41) is 0. The van der Waals surface area contributed by atoms with Gasteiger partial charge in [0.1, 0.15) is 5.82 Å². The lowest BCUT2D eigenvalue weighted by Gasteiger charge is -2.32. The highest BCUT2D eigenvalue weighted by Crippen LogP contribution is 2.37. The number of rotatable bonds is 7. The number of carbonyl (C=O) groups excluding carboxylic acids is 2. The van der Waals surface area contributed by atoms with Crippen LogP contribution in [0.4, 0.5) is 32.2 Å². The molecule has 0 saturated carbocycles. The monoisotopic (exact) mass is 607 g/mol. The molecule has 3 aromatic rings. The van der Waals surface area contributed by atoms with Crippen LogP contribution in [-0.4, -0.2) is 48.5 Å². The Bertz CT molecular complexity index is 1450. The second kappa shape index (κ2) is 12.6. The Balaban J connectivity index is 1.65. The summed E-state index contributed by atoms with van der Waals surface area (Å²) in [5.41, 5.74) is -0.970. The first kappa shape index (κ1) is 31.8. The third kappa shape index (κ3) is 7.47. The van der Waals surface area contributed by atoms with Crippen LogP contribution in [0.25, 0.3) is 11.1 Å². The zero-order chi connectivity index (χ0) is 31.5. The number of benzene rings is 2. The molecule has 0 bridgehead atoms. The molecule has 0 N–H and O–H groups in total. The molecule has 0 unspecified atom stereocenters. The van der Waals surface area contributed by atoms with Crippen LogP contribution in [0.15, 0.2) is 54.7 Å². The normalized spacial score (nSPS) is 14.5. The molecule has 230 valence electrons. The van der Waals surface area contributed by atoms with Crippen molar-refractivity contribution in [2.75, 3.05) is 31.6 Å². The Morgan fingerprint density at radius 2 is 1.56 bits per heavy atom. The van der Waals surface area contributed by atoms with Gasteiger partial charge in [-0.25, -0.2) is 4.98 Å². The van der Waals surface area contributed by atoms with Crippen LogP contribution < -0.4 is 4.90 Å². The molecule has 6 nitrogen and oxygen atoms in total. The van der Waals surface area contributed by atoms with Gasteiger partial charge in [0.05, 0.1) is 29.2 Å². The maximum absolute atomic E-state index is 13.7. The van der Waals surface area contributed by atoms with Crippen molar-refractivity contribution in [3.8, 4) is 11.1 Å². The molecular weight excluding hydrogens is 576 g/mol. The average molecular weight is 608 g/mol. The van der Waals surface area contributed by atoms with Gasteiger partial charge < -0.3 is 14.5 Å². The lowest BCUT2D eigenvalue weighted by atomic mass is 9.95. The number of amides is 1. The van der Waals surface area contributed by atoms with Crippen molar-refractivity contribution in [2.24, 2.45) is 5.92 Å². The number of piperidine rings is 1. The summed E-state index contributed by atoms with van der Waals surface area (Å²) in [4.78, 5) is 33.4. The number of aromatic nitrogens is 1. The van der Waals surface area contributed by atoms with Gasteiger partial charge in [0.2, 0.25) is 0 Å². The molecule has 1 saturated heterocycles. The Kier molecular flexibility index (Phi) is 9.36. The van der Waals surface area contributed by atoms with E-state index in [9.17, 15) is 35.9 Å². The molecule has 12 heteroatoms. The van der Waals surface area contributed by atoms with Gasteiger partial charge in [-0.15, -0.1) is 0 Å². The van der Waals surface area contributed by atoms with Gasteiger partial charge in [0.25, 0.3) is 5.91 Å². The Hall–Kier alpha value is -4.09. The molecule has 1 amide bonds. The summed E-state index contributed by atoms with van der Waals surface area (Å²) in [7, 11) is 1.31. The second-order valence-electron chi connectivity index (χ2n) is 10.5. The summed E-state index contributed by atoms with van der Waals surface area (Å²) in [5.74, 6) is -0.491. The molecule has 1 aliphatic rings. The molecular formula is C31H31F6N3O3. The van der Waals surface area contributed by atoms with Gasteiger partial charge in [0.15, 0.2) is 0 Å². The summed E-state index contributed by atoms with van der Waals surface area (Å²) < 4.78 is 85.4. The predicted molar refractivity (Wildman–Crippen MR) is 148 cm³/mol. The molecule has 1 aromatic heterocycles. The number of anilines is 1. The minimum absolute atomic E-state index is 0.0553. The van der Waals surface area contributed by atoms with Crippen molar-refractivity contribution in [2.45, 2.75) is 45.6 Å². The zero-order valence-electron chi connectivity index (χ0n) is 23.9. The fourth-order valence-corrected chi connectivity index (χ4v) is 5.15. The van der Waals surface area contributed by atoms with E-state index < -0.39 is 35.9 Å². The number of carbonyl (C=O) groups is 2. The van der Waals surface area contributed by atoms with Gasteiger partial charge >= 0.3 is 18.3 Å². The summed E-state index contributed by atoms with van der Waals surface area (Å²) in [6, 6.07) is 10.3. The Labute approximate surface area is 245 Å². The number of pyridine rings is 1. The second-order valence-corrected chi connectivity index (χ2v) is 10.5. The van der Waals surface area contributed by atoms with E-state index in [1.54, 1.807) is 19.1 Å². The average Bonchev–Trinajstić information content (AvgIpc) is 2.96.